The van der Waals surface area contributed by atoms with Crippen molar-refractivity contribution in [3.05, 3.63) is 78.6 Å². The van der Waals surface area contributed by atoms with Crippen molar-refractivity contribution >= 4 is 16.7 Å². The first kappa shape index (κ1) is 15.9. The van der Waals surface area contributed by atoms with Crippen LogP contribution in [0, 0.1) is 0 Å². The highest BCUT2D eigenvalue weighted by molar-refractivity contribution is 5.95. The molecule has 0 saturated heterocycles. The van der Waals surface area contributed by atoms with Gasteiger partial charge >= 0.3 is 23.5 Å². The van der Waals surface area contributed by atoms with Crippen LogP contribution in [-0.2, 0) is 4.74 Å². The standard InChI is InChI=1S/C21H15NO4/c1-25-21(24)18-19(23)22(15-10-3-2-4-11-15)20(26-18)17-13-7-9-14-8-5-6-12-16(14)17/h2-13H,1H3/p+1. The third-order valence-electron chi connectivity index (χ3n) is 4.22. The number of nitrogens with zero attached hydrogens (tertiary/aromatic N) is 1. The van der Waals surface area contributed by atoms with Crippen molar-refractivity contribution < 1.29 is 23.6 Å². The first-order valence-corrected chi connectivity index (χ1v) is 8.10. The number of carbonyl (C=O) groups is 1. The van der Waals surface area contributed by atoms with Crippen molar-refractivity contribution in [2.45, 2.75) is 0 Å². The van der Waals surface area contributed by atoms with Crippen LogP contribution in [0.1, 0.15) is 10.6 Å². The number of hydrogen-bond donors (Lipinski definition) is 1. The number of oxazole rings is 1. The SMILES string of the molecule is COC(=O)c1oc(-c2cccc3ccccc23)[n+](-c2ccccc2)c1O. The number of carbonyl (C=O) groups excluding carboxylic acids is 1. The third-order valence-corrected chi connectivity index (χ3v) is 4.22. The fourth-order valence-corrected chi connectivity index (χ4v) is 3.02. The first-order valence-electron chi connectivity index (χ1n) is 8.10. The Balaban J connectivity index is 2.06. The highest BCUT2D eigenvalue weighted by Gasteiger charge is 2.36. The van der Waals surface area contributed by atoms with E-state index in [1.54, 1.807) is 0 Å². The Morgan fingerprint density at radius 3 is 2.42 bits per heavy atom. The second-order valence-corrected chi connectivity index (χ2v) is 5.75. The van der Waals surface area contributed by atoms with E-state index in [1.165, 1.54) is 11.7 Å². The summed E-state index contributed by atoms with van der Waals surface area (Å²) in [4.78, 5) is 12.0. The minimum atomic E-state index is -0.737. The molecular formula is C21H16NO4+. The molecule has 0 bridgehead atoms. The van der Waals surface area contributed by atoms with Gasteiger partial charge in [0.1, 0.15) is 0 Å². The molecule has 26 heavy (non-hydrogen) atoms. The Morgan fingerprint density at radius 1 is 0.962 bits per heavy atom. The van der Waals surface area contributed by atoms with Gasteiger partial charge in [0.25, 0.3) is 0 Å². The minimum absolute atomic E-state index is 0.237. The number of hydrogen-bond acceptors (Lipinski definition) is 4. The zero-order valence-corrected chi connectivity index (χ0v) is 14.0. The Morgan fingerprint density at radius 2 is 1.65 bits per heavy atom. The zero-order valence-electron chi connectivity index (χ0n) is 14.0. The van der Waals surface area contributed by atoms with Gasteiger partial charge in [0, 0.05) is 12.1 Å². The number of benzene rings is 3. The molecule has 0 saturated carbocycles. The average Bonchev–Trinajstić information content (AvgIpc) is 3.04. The number of esters is 1. The van der Waals surface area contributed by atoms with Crippen LogP contribution in [-0.4, -0.2) is 18.2 Å². The van der Waals surface area contributed by atoms with E-state index in [2.05, 4.69) is 0 Å². The minimum Gasteiger partial charge on any atom is -0.463 e. The van der Waals surface area contributed by atoms with Crippen LogP contribution in [0.25, 0.3) is 27.9 Å². The van der Waals surface area contributed by atoms with E-state index >= 15 is 0 Å². The molecule has 0 atom stereocenters. The second-order valence-electron chi connectivity index (χ2n) is 5.75. The van der Waals surface area contributed by atoms with Crippen molar-refractivity contribution in [2.24, 2.45) is 0 Å². The molecule has 0 aliphatic heterocycles. The van der Waals surface area contributed by atoms with E-state index in [-0.39, 0.29) is 11.6 Å². The molecule has 5 heteroatoms. The molecule has 0 fully saturated rings. The fraction of sp³-hybridized carbons (Fsp3) is 0.0476. The second kappa shape index (κ2) is 6.37. The van der Waals surface area contributed by atoms with Gasteiger partial charge < -0.3 is 14.3 Å². The van der Waals surface area contributed by atoms with Crippen molar-refractivity contribution in [3.8, 4) is 23.0 Å². The van der Waals surface area contributed by atoms with Crippen LogP contribution in [0.15, 0.2) is 77.2 Å². The predicted molar refractivity (Wildman–Crippen MR) is 96.2 cm³/mol. The molecule has 1 N–H and O–H groups in total. The van der Waals surface area contributed by atoms with Crippen molar-refractivity contribution in [3.63, 3.8) is 0 Å². The van der Waals surface area contributed by atoms with E-state index in [0.29, 0.717) is 11.6 Å². The molecule has 0 amide bonds. The van der Waals surface area contributed by atoms with Gasteiger partial charge in [-0.25, -0.2) is 4.79 Å². The number of aromatic hydroxyl groups is 1. The smallest absolute Gasteiger partial charge is 0.426 e. The van der Waals surface area contributed by atoms with Gasteiger partial charge in [-0.15, -0.1) is 0 Å². The Kier molecular flexibility index (Phi) is 3.89. The number of ether oxygens (including phenoxy) is 1. The molecule has 4 rings (SSSR count). The number of aromatic nitrogens is 1. The number of fused-ring (bicyclic) bond motifs is 1. The summed E-state index contributed by atoms with van der Waals surface area (Å²) in [6, 6.07) is 22.9. The summed E-state index contributed by atoms with van der Waals surface area (Å²) in [5.74, 6) is -0.921. The fourth-order valence-electron chi connectivity index (χ4n) is 3.02. The van der Waals surface area contributed by atoms with E-state index in [1.807, 2.05) is 72.8 Å². The highest BCUT2D eigenvalue weighted by atomic mass is 16.5. The Hall–Kier alpha value is -3.60. The quantitative estimate of drug-likeness (QED) is 0.452. The van der Waals surface area contributed by atoms with Gasteiger partial charge in [0.05, 0.1) is 12.7 Å². The molecule has 0 aliphatic rings. The maximum atomic E-state index is 12.0. The summed E-state index contributed by atoms with van der Waals surface area (Å²) in [5.41, 5.74) is 1.43. The molecule has 4 aromatic rings. The first-order chi connectivity index (χ1) is 12.7. The summed E-state index contributed by atoms with van der Waals surface area (Å²) in [6.07, 6.45) is 0. The number of para-hydroxylation sites is 1. The largest absolute Gasteiger partial charge is 0.463 e. The lowest BCUT2D eigenvalue weighted by Crippen LogP contribution is -2.31. The molecule has 3 aromatic carbocycles. The van der Waals surface area contributed by atoms with E-state index in [0.717, 1.165) is 16.3 Å². The Labute approximate surface area is 149 Å². The molecular weight excluding hydrogens is 330 g/mol. The summed E-state index contributed by atoms with van der Waals surface area (Å²) < 4.78 is 12.0. The average molecular weight is 346 g/mol. The molecule has 0 aliphatic carbocycles. The monoisotopic (exact) mass is 346 g/mol. The van der Waals surface area contributed by atoms with Crippen LogP contribution < -0.4 is 4.57 Å². The lowest BCUT2D eigenvalue weighted by Gasteiger charge is -2.02. The van der Waals surface area contributed by atoms with Crippen molar-refractivity contribution in [1.29, 1.82) is 0 Å². The van der Waals surface area contributed by atoms with Gasteiger partial charge in [0.15, 0.2) is 0 Å². The van der Waals surface area contributed by atoms with E-state index in [9.17, 15) is 9.90 Å². The molecule has 0 unspecified atom stereocenters. The lowest BCUT2D eigenvalue weighted by atomic mass is 10.0. The predicted octanol–water partition coefficient (Wildman–Crippen LogP) is 3.87. The lowest BCUT2D eigenvalue weighted by molar-refractivity contribution is -0.594. The van der Waals surface area contributed by atoms with E-state index < -0.39 is 5.97 Å². The van der Waals surface area contributed by atoms with Gasteiger partial charge in [-0.05, 0) is 16.8 Å². The van der Waals surface area contributed by atoms with Crippen LogP contribution in [0.4, 0.5) is 0 Å². The highest BCUT2D eigenvalue weighted by Crippen LogP contribution is 2.31. The summed E-state index contributed by atoms with van der Waals surface area (Å²) >= 11 is 0. The maximum Gasteiger partial charge on any atom is 0.426 e. The molecule has 0 radical (unpaired) electrons. The van der Waals surface area contributed by atoms with Crippen LogP contribution in [0.2, 0.25) is 0 Å². The normalized spacial score (nSPS) is 10.8. The number of rotatable bonds is 3. The third kappa shape index (κ3) is 2.50. The zero-order chi connectivity index (χ0) is 18.1. The molecule has 5 nitrogen and oxygen atoms in total. The van der Waals surface area contributed by atoms with Gasteiger partial charge in [-0.1, -0.05) is 59.2 Å². The maximum absolute atomic E-state index is 12.0. The molecule has 0 spiro atoms. The van der Waals surface area contributed by atoms with Gasteiger partial charge in [-0.2, -0.15) is 0 Å². The van der Waals surface area contributed by atoms with E-state index in [4.69, 9.17) is 9.15 Å². The van der Waals surface area contributed by atoms with Crippen molar-refractivity contribution in [1.82, 2.24) is 0 Å². The topological polar surface area (TPSA) is 63.5 Å². The Bertz CT molecular complexity index is 1090. The van der Waals surface area contributed by atoms with Crippen LogP contribution in [0.3, 0.4) is 0 Å². The molecule has 1 aromatic heterocycles. The summed E-state index contributed by atoms with van der Waals surface area (Å²) in [5, 5.41) is 12.6. The summed E-state index contributed by atoms with van der Waals surface area (Å²) in [7, 11) is 1.24. The van der Waals surface area contributed by atoms with Gasteiger partial charge in [-0.3, -0.25) is 0 Å². The van der Waals surface area contributed by atoms with Crippen LogP contribution >= 0.6 is 0 Å². The van der Waals surface area contributed by atoms with Crippen molar-refractivity contribution in [2.75, 3.05) is 7.11 Å². The number of methoxy groups -OCH3 is 1. The van der Waals surface area contributed by atoms with Crippen LogP contribution in [0.5, 0.6) is 5.88 Å². The van der Waals surface area contributed by atoms with Gasteiger partial charge in [0.2, 0.25) is 5.69 Å². The summed E-state index contributed by atoms with van der Waals surface area (Å²) in [6.45, 7) is 0. The molecule has 128 valence electrons. The molecule has 1 heterocycles.